The summed E-state index contributed by atoms with van der Waals surface area (Å²) in [7, 11) is 0. The third-order valence-corrected chi connectivity index (χ3v) is 9.46. The van der Waals surface area contributed by atoms with Crippen LogP contribution >= 0.6 is 0 Å². The molecular formula is C26H33F3N2O3. The molecule has 5 aliphatic rings. The molecular weight excluding hydrogens is 445 g/mol. The van der Waals surface area contributed by atoms with E-state index in [1.54, 1.807) is 6.07 Å². The number of epoxide rings is 1. The first-order valence-corrected chi connectivity index (χ1v) is 12.7. The molecule has 1 aromatic rings. The number of alkyl halides is 3. The smallest absolute Gasteiger partial charge is 0.416 e. The summed E-state index contributed by atoms with van der Waals surface area (Å²) in [5.74, 6) is 0.867. The SMILES string of the molecule is C[C@@H]1CC[C@H]2[C@H](CN3CCN(c4cccc(C(F)(F)F)c4)CC3)C(=O)O[C@@]23[C@@H]1CC[C@@]1(C)O[C@H]31. The number of anilines is 1. The molecule has 0 bridgehead atoms. The lowest BCUT2D eigenvalue weighted by Gasteiger charge is -2.50. The van der Waals surface area contributed by atoms with E-state index < -0.39 is 17.3 Å². The van der Waals surface area contributed by atoms with Crippen LogP contribution in [0.4, 0.5) is 18.9 Å². The van der Waals surface area contributed by atoms with E-state index in [4.69, 9.17) is 9.47 Å². The van der Waals surface area contributed by atoms with Crippen molar-refractivity contribution in [2.75, 3.05) is 37.6 Å². The van der Waals surface area contributed by atoms with Gasteiger partial charge in [0.05, 0.1) is 17.1 Å². The molecule has 186 valence electrons. The van der Waals surface area contributed by atoms with Crippen LogP contribution in [0.15, 0.2) is 24.3 Å². The minimum atomic E-state index is -4.34. The molecule has 0 radical (unpaired) electrons. The number of hydrogen-bond acceptors (Lipinski definition) is 5. The molecule has 3 heterocycles. The zero-order chi connectivity index (χ0) is 23.9. The summed E-state index contributed by atoms with van der Waals surface area (Å²) in [6.07, 6.45) is -0.100. The highest BCUT2D eigenvalue weighted by Crippen LogP contribution is 2.66. The van der Waals surface area contributed by atoms with E-state index >= 15 is 0 Å². The van der Waals surface area contributed by atoms with Gasteiger partial charge in [-0.05, 0) is 56.7 Å². The predicted octanol–water partition coefficient (Wildman–Crippen LogP) is 4.35. The normalized spacial score (nSPS) is 42.0. The number of ether oxygens (including phenoxy) is 2. The fraction of sp³-hybridized carbons (Fsp3) is 0.731. The Morgan fingerprint density at radius 1 is 1.09 bits per heavy atom. The number of esters is 1. The Morgan fingerprint density at radius 2 is 1.85 bits per heavy atom. The van der Waals surface area contributed by atoms with Gasteiger partial charge in [0.1, 0.15) is 11.7 Å². The second-order valence-electron chi connectivity index (χ2n) is 11.3. The average Bonchev–Trinajstić information content (AvgIpc) is 3.43. The molecule has 6 rings (SSSR count). The molecule has 1 spiro atoms. The lowest BCUT2D eigenvalue weighted by atomic mass is 9.55. The van der Waals surface area contributed by atoms with Crippen molar-refractivity contribution in [2.45, 2.75) is 63.0 Å². The van der Waals surface area contributed by atoms with Crippen molar-refractivity contribution in [3.8, 4) is 0 Å². The summed E-state index contributed by atoms with van der Waals surface area (Å²) in [6, 6.07) is 5.55. The third-order valence-electron chi connectivity index (χ3n) is 9.46. The highest BCUT2D eigenvalue weighted by atomic mass is 19.4. The zero-order valence-electron chi connectivity index (χ0n) is 19.8. The number of nitrogens with zero attached hydrogens (tertiary/aromatic N) is 2. The summed E-state index contributed by atoms with van der Waals surface area (Å²) in [6.45, 7) is 7.83. The molecule has 2 aliphatic carbocycles. The van der Waals surface area contributed by atoms with Crippen molar-refractivity contribution in [3.63, 3.8) is 0 Å². The third kappa shape index (κ3) is 3.39. The van der Waals surface area contributed by atoms with E-state index in [0.29, 0.717) is 37.2 Å². The monoisotopic (exact) mass is 478 g/mol. The number of benzene rings is 1. The molecule has 0 N–H and O–H groups in total. The average molecular weight is 479 g/mol. The van der Waals surface area contributed by atoms with Gasteiger partial charge in [-0.15, -0.1) is 0 Å². The van der Waals surface area contributed by atoms with E-state index in [-0.39, 0.29) is 29.5 Å². The molecule has 1 aromatic carbocycles. The van der Waals surface area contributed by atoms with E-state index in [0.717, 1.165) is 44.8 Å². The van der Waals surface area contributed by atoms with Gasteiger partial charge >= 0.3 is 12.1 Å². The maximum Gasteiger partial charge on any atom is 0.416 e. The van der Waals surface area contributed by atoms with Gasteiger partial charge in [0.25, 0.3) is 0 Å². The number of carbonyl (C=O) groups is 1. The molecule has 0 unspecified atom stereocenters. The Morgan fingerprint density at radius 3 is 2.59 bits per heavy atom. The van der Waals surface area contributed by atoms with Crippen molar-refractivity contribution >= 4 is 11.7 Å². The molecule has 3 aliphatic heterocycles. The first-order valence-electron chi connectivity index (χ1n) is 12.7. The van der Waals surface area contributed by atoms with E-state index in [1.165, 1.54) is 12.1 Å². The van der Waals surface area contributed by atoms with Crippen LogP contribution in [0.3, 0.4) is 0 Å². The van der Waals surface area contributed by atoms with Crippen LogP contribution in [-0.4, -0.2) is 60.9 Å². The lowest BCUT2D eigenvalue weighted by molar-refractivity contribution is -0.168. The van der Waals surface area contributed by atoms with Crippen molar-refractivity contribution in [2.24, 2.45) is 23.7 Å². The topological polar surface area (TPSA) is 45.3 Å². The lowest BCUT2D eigenvalue weighted by Crippen LogP contribution is -2.58. The molecule has 5 nitrogen and oxygen atoms in total. The van der Waals surface area contributed by atoms with Gasteiger partial charge in [-0.2, -0.15) is 13.2 Å². The number of hydrogen-bond donors (Lipinski definition) is 0. The van der Waals surface area contributed by atoms with Gasteiger partial charge in [0, 0.05) is 50.2 Å². The van der Waals surface area contributed by atoms with Crippen LogP contribution < -0.4 is 4.90 Å². The Balaban J connectivity index is 1.14. The maximum atomic E-state index is 13.2. The van der Waals surface area contributed by atoms with E-state index in [2.05, 4.69) is 18.7 Å². The Labute approximate surface area is 198 Å². The van der Waals surface area contributed by atoms with Gasteiger partial charge < -0.3 is 14.4 Å². The fourth-order valence-corrected chi connectivity index (χ4v) is 7.61. The molecule has 8 heteroatoms. The minimum absolute atomic E-state index is 0.0261. The number of halogens is 3. The largest absolute Gasteiger partial charge is 0.455 e. The summed E-state index contributed by atoms with van der Waals surface area (Å²) in [5, 5.41) is 0. The van der Waals surface area contributed by atoms with Gasteiger partial charge in [-0.1, -0.05) is 13.0 Å². The standard InChI is InChI=1S/C26H33F3N2O3/c1-16-6-7-21-19(22(32)33-25(21)20(16)8-9-24(2)23(25)34-24)15-30-10-12-31(13-11-30)18-5-3-4-17(14-18)26(27,28)29/h3-5,14,16,19-21,23H,6-13,15H2,1-2H3/t16-,19+,20-,21+,23+,24-,25+/m1/s1. The van der Waals surface area contributed by atoms with Gasteiger partial charge in [-0.25, -0.2) is 0 Å². The van der Waals surface area contributed by atoms with Crippen molar-refractivity contribution in [1.29, 1.82) is 0 Å². The van der Waals surface area contributed by atoms with Gasteiger partial charge in [0.2, 0.25) is 0 Å². The molecule has 2 saturated carbocycles. The summed E-state index contributed by atoms with van der Waals surface area (Å²) >= 11 is 0. The molecule has 0 amide bonds. The Bertz CT molecular complexity index is 978. The maximum absolute atomic E-state index is 13.2. The first kappa shape index (κ1) is 22.7. The quantitative estimate of drug-likeness (QED) is 0.478. The molecule has 5 fully saturated rings. The fourth-order valence-electron chi connectivity index (χ4n) is 7.61. The Kier molecular flexibility index (Phi) is 5.06. The van der Waals surface area contributed by atoms with Crippen molar-refractivity contribution in [1.82, 2.24) is 4.90 Å². The van der Waals surface area contributed by atoms with Gasteiger partial charge in [0.15, 0.2) is 0 Å². The summed E-state index contributed by atoms with van der Waals surface area (Å²) < 4.78 is 51.9. The highest BCUT2D eigenvalue weighted by Gasteiger charge is 2.77. The molecule has 0 aromatic heterocycles. The highest BCUT2D eigenvalue weighted by molar-refractivity contribution is 5.77. The van der Waals surface area contributed by atoms with E-state index in [1.807, 2.05) is 4.90 Å². The van der Waals surface area contributed by atoms with Crippen LogP contribution in [0.2, 0.25) is 0 Å². The van der Waals surface area contributed by atoms with Crippen molar-refractivity contribution < 1.29 is 27.4 Å². The number of piperazine rings is 1. The van der Waals surface area contributed by atoms with Crippen LogP contribution in [0, 0.1) is 23.7 Å². The molecule has 7 atom stereocenters. The second kappa shape index (κ2) is 7.60. The summed E-state index contributed by atoms with van der Waals surface area (Å²) in [4.78, 5) is 17.5. The second-order valence-corrected chi connectivity index (χ2v) is 11.3. The molecule has 34 heavy (non-hydrogen) atoms. The van der Waals surface area contributed by atoms with Crippen LogP contribution in [0.1, 0.15) is 45.1 Å². The van der Waals surface area contributed by atoms with Crippen molar-refractivity contribution in [3.05, 3.63) is 29.8 Å². The zero-order valence-corrected chi connectivity index (χ0v) is 19.8. The number of fused-ring (bicyclic) bond motifs is 1. The van der Waals surface area contributed by atoms with Crippen LogP contribution in [0.25, 0.3) is 0 Å². The van der Waals surface area contributed by atoms with E-state index in [9.17, 15) is 18.0 Å². The Hall–Kier alpha value is -1.80. The molecule has 3 saturated heterocycles. The number of carbonyl (C=O) groups excluding carboxylic acids is 1. The first-order chi connectivity index (χ1) is 16.1. The summed E-state index contributed by atoms with van der Waals surface area (Å²) in [5.41, 5.74) is -0.622. The van der Waals surface area contributed by atoms with Crippen LogP contribution in [0.5, 0.6) is 0 Å². The minimum Gasteiger partial charge on any atom is -0.455 e. The predicted molar refractivity (Wildman–Crippen MR) is 120 cm³/mol. The number of rotatable bonds is 3. The van der Waals surface area contributed by atoms with Gasteiger partial charge in [-0.3, -0.25) is 9.69 Å². The van der Waals surface area contributed by atoms with Crippen LogP contribution in [-0.2, 0) is 20.4 Å².